The fraction of sp³-hybridized carbons (Fsp3) is 0.357. The second-order valence-electron chi connectivity index (χ2n) is 5.20. The van der Waals surface area contributed by atoms with Gasteiger partial charge in [0.05, 0.1) is 6.33 Å². The van der Waals surface area contributed by atoms with Crippen LogP contribution < -0.4 is 10.5 Å². The summed E-state index contributed by atoms with van der Waals surface area (Å²) in [6.45, 7) is 2.60. The molecule has 1 aromatic carbocycles. The molecule has 1 aliphatic rings. The van der Waals surface area contributed by atoms with E-state index >= 15 is 0 Å². The standard InChI is InChI=1S/C14H18N4O2S/c1-2-18-8-13(16-9-18)21(19,20)17-12-7-10-5-3-4-6-11(10)14(12)15/h3-6,8-9,12,14,17H,2,7,15H2,1H3/t12-,14-/m1/s1. The van der Waals surface area contributed by atoms with Crippen molar-refractivity contribution in [1.82, 2.24) is 14.3 Å². The molecule has 0 spiro atoms. The third-order valence-electron chi connectivity index (χ3n) is 3.84. The Hall–Kier alpha value is -1.70. The summed E-state index contributed by atoms with van der Waals surface area (Å²) < 4.78 is 29.1. The number of nitrogens with zero attached hydrogens (tertiary/aromatic N) is 2. The van der Waals surface area contributed by atoms with Crippen LogP contribution in [0.4, 0.5) is 0 Å². The van der Waals surface area contributed by atoms with E-state index in [1.807, 2.05) is 31.2 Å². The van der Waals surface area contributed by atoms with Crippen molar-refractivity contribution in [2.45, 2.75) is 37.0 Å². The number of aryl methyl sites for hydroxylation is 1. The second kappa shape index (κ2) is 5.25. The van der Waals surface area contributed by atoms with Gasteiger partial charge in [0.15, 0.2) is 5.03 Å². The van der Waals surface area contributed by atoms with Crippen molar-refractivity contribution < 1.29 is 8.42 Å². The number of nitrogens with two attached hydrogens (primary N) is 1. The molecule has 1 aliphatic carbocycles. The minimum atomic E-state index is -3.65. The van der Waals surface area contributed by atoms with Gasteiger partial charge in [-0.1, -0.05) is 24.3 Å². The largest absolute Gasteiger partial charge is 0.336 e. The number of imidazole rings is 1. The lowest BCUT2D eigenvalue weighted by molar-refractivity contribution is 0.513. The number of hydrogen-bond acceptors (Lipinski definition) is 4. The number of aromatic nitrogens is 2. The van der Waals surface area contributed by atoms with Gasteiger partial charge < -0.3 is 10.3 Å². The van der Waals surface area contributed by atoms with Crippen molar-refractivity contribution in [3.05, 3.63) is 47.9 Å². The van der Waals surface area contributed by atoms with Crippen molar-refractivity contribution >= 4 is 10.0 Å². The summed E-state index contributed by atoms with van der Waals surface area (Å²) in [6.07, 6.45) is 3.64. The van der Waals surface area contributed by atoms with E-state index in [2.05, 4.69) is 9.71 Å². The summed E-state index contributed by atoms with van der Waals surface area (Å²) in [5, 5.41) is 0.0347. The topological polar surface area (TPSA) is 90.0 Å². The highest BCUT2D eigenvalue weighted by molar-refractivity contribution is 7.89. The fourth-order valence-electron chi connectivity index (χ4n) is 2.65. The van der Waals surface area contributed by atoms with Gasteiger partial charge in [0.25, 0.3) is 10.0 Å². The number of benzene rings is 1. The van der Waals surface area contributed by atoms with Crippen LogP contribution in [0.5, 0.6) is 0 Å². The molecule has 2 atom stereocenters. The zero-order chi connectivity index (χ0) is 15.0. The van der Waals surface area contributed by atoms with E-state index in [1.54, 1.807) is 4.57 Å². The molecule has 0 unspecified atom stereocenters. The van der Waals surface area contributed by atoms with Crippen LogP contribution in [0.25, 0.3) is 0 Å². The summed E-state index contributed by atoms with van der Waals surface area (Å²) in [6, 6.07) is 7.11. The van der Waals surface area contributed by atoms with Crippen LogP contribution in [-0.4, -0.2) is 24.0 Å². The number of nitrogens with one attached hydrogen (secondary N) is 1. The van der Waals surface area contributed by atoms with Gasteiger partial charge in [0.2, 0.25) is 0 Å². The summed E-state index contributed by atoms with van der Waals surface area (Å²) in [7, 11) is -3.65. The molecule has 6 nitrogen and oxygen atoms in total. The first-order valence-corrected chi connectivity index (χ1v) is 8.37. The average Bonchev–Trinajstić information content (AvgIpc) is 3.06. The summed E-state index contributed by atoms with van der Waals surface area (Å²) in [5.41, 5.74) is 8.25. The Morgan fingerprint density at radius 3 is 2.86 bits per heavy atom. The van der Waals surface area contributed by atoms with Gasteiger partial charge in [-0.05, 0) is 24.5 Å². The Morgan fingerprint density at radius 1 is 1.43 bits per heavy atom. The van der Waals surface area contributed by atoms with Gasteiger partial charge in [0, 0.05) is 24.8 Å². The molecule has 0 fully saturated rings. The average molecular weight is 306 g/mol. The molecule has 0 bridgehead atoms. The summed E-state index contributed by atoms with van der Waals surface area (Å²) in [5.74, 6) is 0. The molecule has 1 aromatic heterocycles. The second-order valence-corrected chi connectivity index (χ2v) is 6.86. The SMILES string of the molecule is CCn1cnc(S(=O)(=O)N[C@@H]2Cc3ccccc3[C@H]2N)c1. The zero-order valence-corrected chi connectivity index (χ0v) is 12.5. The Bertz CT molecular complexity index is 754. The van der Waals surface area contributed by atoms with Crippen molar-refractivity contribution in [1.29, 1.82) is 0 Å². The summed E-state index contributed by atoms with van der Waals surface area (Å²) in [4.78, 5) is 3.95. The van der Waals surface area contributed by atoms with Gasteiger partial charge in [-0.2, -0.15) is 0 Å². The highest BCUT2D eigenvalue weighted by atomic mass is 32.2. The molecule has 2 aromatic rings. The van der Waals surface area contributed by atoms with E-state index in [4.69, 9.17) is 5.73 Å². The van der Waals surface area contributed by atoms with Crippen LogP contribution in [0.15, 0.2) is 41.8 Å². The Morgan fingerprint density at radius 2 is 2.19 bits per heavy atom. The van der Waals surface area contributed by atoms with Crippen LogP contribution in [0.1, 0.15) is 24.1 Å². The van der Waals surface area contributed by atoms with Crippen LogP contribution in [-0.2, 0) is 23.0 Å². The monoisotopic (exact) mass is 306 g/mol. The van der Waals surface area contributed by atoms with Gasteiger partial charge in [-0.15, -0.1) is 0 Å². The smallest absolute Gasteiger partial charge is 0.259 e. The van der Waals surface area contributed by atoms with E-state index in [0.29, 0.717) is 13.0 Å². The molecule has 0 aliphatic heterocycles. The molecular weight excluding hydrogens is 288 g/mol. The lowest BCUT2D eigenvalue weighted by Gasteiger charge is -2.17. The van der Waals surface area contributed by atoms with Crippen molar-refractivity contribution in [3.8, 4) is 0 Å². The summed E-state index contributed by atoms with van der Waals surface area (Å²) >= 11 is 0. The minimum Gasteiger partial charge on any atom is -0.336 e. The maximum atomic E-state index is 12.4. The number of rotatable bonds is 4. The van der Waals surface area contributed by atoms with E-state index in [1.165, 1.54) is 12.5 Å². The van der Waals surface area contributed by atoms with Crippen LogP contribution >= 0.6 is 0 Å². The van der Waals surface area contributed by atoms with E-state index in [0.717, 1.165) is 11.1 Å². The van der Waals surface area contributed by atoms with Gasteiger partial charge >= 0.3 is 0 Å². The van der Waals surface area contributed by atoms with Gasteiger partial charge in [0.1, 0.15) is 0 Å². The maximum Gasteiger partial charge on any atom is 0.259 e. The predicted molar refractivity (Wildman–Crippen MR) is 79.1 cm³/mol. The lowest BCUT2D eigenvalue weighted by Crippen LogP contribution is -2.40. The number of sulfonamides is 1. The van der Waals surface area contributed by atoms with Crippen LogP contribution in [0.3, 0.4) is 0 Å². The molecule has 0 radical (unpaired) electrons. The Kier molecular flexibility index (Phi) is 3.56. The third kappa shape index (κ3) is 2.59. The molecular formula is C14H18N4O2S. The molecule has 3 N–H and O–H groups in total. The molecule has 0 saturated heterocycles. The molecule has 3 rings (SSSR count). The van der Waals surface area contributed by atoms with Crippen LogP contribution in [0, 0.1) is 0 Å². The molecule has 0 amide bonds. The lowest BCUT2D eigenvalue weighted by atomic mass is 10.1. The van der Waals surface area contributed by atoms with Crippen molar-refractivity contribution in [2.75, 3.05) is 0 Å². The van der Waals surface area contributed by atoms with E-state index in [9.17, 15) is 8.42 Å². The fourth-order valence-corrected chi connectivity index (χ4v) is 3.86. The minimum absolute atomic E-state index is 0.0347. The van der Waals surface area contributed by atoms with Crippen LogP contribution in [0.2, 0.25) is 0 Å². The quantitative estimate of drug-likeness (QED) is 0.874. The first-order chi connectivity index (χ1) is 10.0. The Balaban J connectivity index is 1.81. The van der Waals surface area contributed by atoms with Crippen molar-refractivity contribution in [2.24, 2.45) is 5.73 Å². The van der Waals surface area contributed by atoms with E-state index in [-0.39, 0.29) is 17.1 Å². The molecule has 21 heavy (non-hydrogen) atoms. The highest BCUT2D eigenvalue weighted by Gasteiger charge is 2.33. The normalized spacial score (nSPS) is 21.4. The first kappa shape index (κ1) is 14.2. The molecule has 7 heteroatoms. The first-order valence-electron chi connectivity index (χ1n) is 6.88. The number of fused-ring (bicyclic) bond motifs is 1. The molecule has 0 saturated carbocycles. The maximum absolute atomic E-state index is 12.4. The molecule has 112 valence electrons. The third-order valence-corrected chi connectivity index (χ3v) is 5.22. The zero-order valence-electron chi connectivity index (χ0n) is 11.7. The number of hydrogen-bond donors (Lipinski definition) is 2. The molecule has 1 heterocycles. The van der Waals surface area contributed by atoms with Gasteiger partial charge in [-0.25, -0.2) is 18.1 Å². The predicted octanol–water partition coefficient (Wildman–Crippen LogP) is 0.806. The van der Waals surface area contributed by atoms with E-state index < -0.39 is 10.0 Å². The van der Waals surface area contributed by atoms with Crippen molar-refractivity contribution in [3.63, 3.8) is 0 Å². The Labute approximate surface area is 124 Å². The highest BCUT2D eigenvalue weighted by Crippen LogP contribution is 2.30. The van der Waals surface area contributed by atoms with Gasteiger partial charge in [-0.3, -0.25) is 0 Å².